The normalized spacial score (nSPS) is 22.7. The Kier molecular flexibility index (Phi) is 8.03. The van der Waals surface area contributed by atoms with Crippen LogP contribution in [0, 0.1) is 25.7 Å². The third-order valence-corrected chi connectivity index (χ3v) is 8.83. The molecule has 2 aromatic rings. The monoisotopic (exact) mass is 532 g/mol. The molecule has 0 spiro atoms. The third-order valence-electron chi connectivity index (χ3n) is 8.83. The van der Waals surface area contributed by atoms with Gasteiger partial charge in [0, 0.05) is 30.0 Å². The molecule has 2 saturated heterocycles. The van der Waals surface area contributed by atoms with Gasteiger partial charge in [-0.25, -0.2) is 0 Å². The van der Waals surface area contributed by atoms with E-state index in [9.17, 15) is 14.4 Å². The first-order chi connectivity index (χ1) is 18.8. The highest BCUT2D eigenvalue weighted by Gasteiger charge is 2.52. The SMILES string of the molecule is CCC(CC)[C@@H]1C(=O)N[C@H](C2Cc3ccccc3C2)C(=O)N1[C@@H](C(=O)N1CCOCC1)c1ccc(C)nc1C. The topological polar surface area (TPSA) is 91.8 Å². The van der Waals surface area contributed by atoms with Crippen LogP contribution in [0.2, 0.25) is 0 Å². The fourth-order valence-electron chi connectivity index (χ4n) is 6.68. The molecule has 8 nitrogen and oxygen atoms in total. The quantitative estimate of drug-likeness (QED) is 0.592. The summed E-state index contributed by atoms with van der Waals surface area (Å²) in [4.78, 5) is 51.0. The van der Waals surface area contributed by atoms with E-state index in [0.29, 0.717) is 37.6 Å². The largest absolute Gasteiger partial charge is 0.378 e. The maximum absolute atomic E-state index is 14.6. The number of carbonyl (C=O) groups is 3. The van der Waals surface area contributed by atoms with Gasteiger partial charge in [-0.3, -0.25) is 19.4 Å². The first-order valence-corrected chi connectivity index (χ1v) is 14.3. The van der Waals surface area contributed by atoms with Gasteiger partial charge >= 0.3 is 0 Å². The number of nitrogens with zero attached hydrogens (tertiary/aromatic N) is 3. The lowest BCUT2D eigenvalue weighted by molar-refractivity contribution is -0.163. The van der Waals surface area contributed by atoms with E-state index in [2.05, 4.69) is 22.4 Å². The number of amides is 3. The Hall–Kier alpha value is -3.26. The number of carbonyl (C=O) groups excluding carboxylic acids is 3. The van der Waals surface area contributed by atoms with Gasteiger partial charge in [0.2, 0.25) is 17.7 Å². The second-order valence-corrected chi connectivity index (χ2v) is 11.2. The Morgan fingerprint density at radius 3 is 2.26 bits per heavy atom. The maximum Gasteiger partial charge on any atom is 0.250 e. The van der Waals surface area contributed by atoms with Gasteiger partial charge in [0.1, 0.15) is 18.1 Å². The molecule has 3 amide bonds. The Morgan fingerprint density at radius 2 is 1.67 bits per heavy atom. The minimum absolute atomic E-state index is 0.0552. The first-order valence-electron chi connectivity index (χ1n) is 14.3. The summed E-state index contributed by atoms with van der Waals surface area (Å²) in [7, 11) is 0. The summed E-state index contributed by atoms with van der Waals surface area (Å²) in [6.45, 7) is 9.71. The predicted octanol–water partition coefficient (Wildman–Crippen LogP) is 3.15. The van der Waals surface area contributed by atoms with E-state index < -0.39 is 18.1 Å². The second-order valence-electron chi connectivity index (χ2n) is 11.2. The lowest BCUT2D eigenvalue weighted by atomic mass is 9.84. The number of benzene rings is 1. The number of aryl methyl sites for hydroxylation is 2. The van der Waals surface area contributed by atoms with E-state index in [4.69, 9.17) is 4.74 Å². The Labute approximate surface area is 231 Å². The van der Waals surface area contributed by atoms with Gasteiger partial charge in [-0.1, -0.05) is 57.0 Å². The minimum atomic E-state index is -0.924. The molecule has 0 radical (unpaired) electrons. The number of ether oxygens (including phenoxy) is 1. The van der Waals surface area contributed by atoms with Crippen LogP contribution in [0.3, 0.4) is 0 Å². The van der Waals surface area contributed by atoms with Gasteiger partial charge in [-0.05, 0) is 55.7 Å². The predicted molar refractivity (Wildman–Crippen MR) is 148 cm³/mol. The van der Waals surface area contributed by atoms with E-state index in [1.807, 2.05) is 52.0 Å². The van der Waals surface area contributed by atoms with Crippen LogP contribution in [0.1, 0.15) is 60.8 Å². The summed E-state index contributed by atoms with van der Waals surface area (Å²) in [6, 6.07) is 9.68. The van der Waals surface area contributed by atoms with Crippen molar-refractivity contribution in [1.29, 1.82) is 0 Å². The lowest BCUT2D eigenvalue weighted by Gasteiger charge is -2.47. The molecule has 2 aliphatic heterocycles. The van der Waals surface area contributed by atoms with E-state index in [0.717, 1.165) is 31.4 Å². The number of piperazine rings is 1. The van der Waals surface area contributed by atoms with Crippen molar-refractivity contribution in [1.82, 2.24) is 20.1 Å². The summed E-state index contributed by atoms with van der Waals surface area (Å²) in [5.41, 5.74) is 4.67. The van der Waals surface area contributed by atoms with E-state index in [1.165, 1.54) is 11.1 Å². The number of hydrogen-bond donors (Lipinski definition) is 1. The first kappa shape index (κ1) is 27.3. The molecule has 3 aliphatic rings. The zero-order chi connectivity index (χ0) is 27.7. The smallest absolute Gasteiger partial charge is 0.250 e. The fourth-order valence-corrected chi connectivity index (χ4v) is 6.68. The highest BCUT2D eigenvalue weighted by molar-refractivity contribution is 6.00. The molecule has 0 bridgehead atoms. The van der Waals surface area contributed by atoms with Gasteiger partial charge in [0.25, 0.3) is 0 Å². The van der Waals surface area contributed by atoms with Crippen molar-refractivity contribution in [3.05, 3.63) is 64.5 Å². The number of hydrogen-bond acceptors (Lipinski definition) is 5. The van der Waals surface area contributed by atoms with Crippen LogP contribution in [-0.2, 0) is 32.0 Å². The fraction of sp³-hybridized carbons (Fsp3) is 0.548. The van der Waals surface area contributed by atoms with Crippen LogP contribution in [-0.4, -0.2) is 70.9 Å². The van der Waals surface area contributed by atoms with Crippen molar-refractivity contribution < 1.29 is 19.1 Å². The second kappa shape index (κ2) is 11.5. The third kappa shape index (κ3) is 5.19. The average Bonchev–Trinajstić information content (AvgIpc) is 3.38. The van der Waals surface area contributed by atoms with Crippen LogP contribution in [0.5, 0.6) is 0 Å². The summed E-state index contributed by atoms with van der Waals surface area (Å²) < 4.78 is 5.52. The maximum atomic E-state index is 14.6. The lowest BCUT2D eigenvalue weighted by Crippen LogP contribution is -2.69. The van der Waals surface area contributed by atoms with Crippen molar-refractivity contribution in [2.45, 2.75) is 71.5 Å². The van der Waals surface area contributed by atoms with E-state index >= 15 is 0 Å². The number of pyridine rings is 1. The van der Waals surface area contributed by atoms with Crippen LogP contribution >= 0.6 is 0 Å². The van der Waals surface area contributed by atoms with Crippen molar-refractivity contribution in [3.63, 3.8) is 0 Å². The number of morpholine rings is 1. The highest BCUT2D eigenvalue weighted by Crippen LogP contribution is 2.38. The van der Waals surface area contributed by atoms with Gasteiger partial charge in [-0.15, -0.1) is 0 Å². The van der Waals surface area contributed by atoms with Crippen molar-refractivity contribution in [2.24, 2.45) is 11.8 Å². The molecule has 39 heavy (non-hydrogen) atoms. The number of fused-ring (bicyclic) bond motifs is 1. The van der Waals surface area contributed by atoms with Gasteiger partial charge < -0.3 is 19.9 Å². The molecule has 0 saturated carbocycles. The molecule has 1 N–H and O–H groups in total. The van der Waals surface area contributed by atoms with E-state index in [1.54, 1.807) is 9.80 Å². The standard InChI is InChI=1S/C31H40N4O4/c1-5-21(6-2)27-29(36)33-26(24-17-22-9-7-8-10-23(22)18-24)30(37)35(27)28(25-12-11-19(3)32-20(25)4)31(38)34-13-15-39-16-14-34/h7-12,21,24,26-28H,5-6,13-18H2,1-4H3,(H,33,36)/t26-,27-,28-/m1/s1. The van der Waals surface area contributed by atoms with Gasteiger partial charge in [-0.2, -0.15) is 0 Å². The van der Waals surface area contributed by atoms with Crippen molar-refractivity contribution in [2.75, 3.05) is 26.3 Å². The average molecular weight is 533 g/mol. The van der Waals surface area contributed by atoms with Crippen LogP contribution in [0.4, 0.5) is 0 Å². The van der Waals surface area contributed by atoms with Gasteiger partial charge in [0.15, 0.2) is 0 Å². The van der Waals surface area contributed by atoms with Crippen molar-refractivity contribution in [3.8, 4) is 0 Å². The summed E-state index contributed by atoms with van der Waals surface area (Å²) >= 11 is 0. The number of nitrogens with one attached hydrogen (secondary N) is 1. The summed E-state index contributed by atoms with van der Waals surface area (Å²) in [5, 5.41) is 3.13. The zero-order valence-corrected chi connectivity index (χ0v) is 23.5. The zero-order valence-electron chi connectivity index (χ0n) is 23.5. The molecule has 5 rings (SSSR count). The van der Waals surface area contributed by atoms with E-state index in [-0.39, 0.29) is 29.6 Å². The molecule has 1 aliphatic carbocycles. The highest BCUT2D eigenvalue weighted by atomic mass is 16.5. The van der Waals surface area contributed by atoms with Crippen LogP contribution in [0.15, 0.2) is 36.4 Å². The Morgan fingerprint density at radius 1 is 1.03 bits per heavy atom. The molecule has 208 valence electrons. The van der Waals surface area contributed by atoms with Crippen molar-refractivity contribution >= 4 is 17.7 Å². The minimum Gasteiger partial charge on any atom is -0.378 e. The number of aromatic nitrogens is 1. The molecular formula is C31H40N4O4. The molecule has 0 unspecified atom stereocenters. The summed E-state index contributed by atoms with van der Waals surface area (Å²) in [5.74, 6) is -0.632. The molecule has 1 aromatic heterocycles. The molecule has 2 fully saturated rings. The molecule has 8 heteroatoms. The molecule has 3 heterocycles. The summed E-state index contributed by atoms with van der Waals surface area (Å²) in [6.07, 6.45) is 2.90. The Bertz CT molecular complexity index is 1210. The Balaban J connectivity index is 1.60. The molecular weight excluding hydrogens is 492 g/mol. The van der Waals surface area contributed by atoms with Crippen LogP contribution < -0.4 is 5.32 Å². The molecule has 1 aromatic carbocycles. The molecule has 3 atom stereocenters. The van der Waals surface area contributed by atoms with Gasteiger partial charge in [0.05, 0.1) is 13.2 Å². The van der Waals surface area contributed by atoms with Crippen LogP contribution in [0.25, 0.3) is 0 Å². The number of rotatable bonds is 7.